The van der Waals surface area contributed by atoms with Crippen molar-refractivity contribution in [2.45, 2.75) is 19.2 Å². The number of carbonyl (C=O) groups is 1. The number of nitrogens with zero attached hydrogens (tertiary/aromatic N) is 2. The topological polar surface area (TPSA) is 53.8 Å². The fraction of sp³-hybridized carbons (Fsp3) is 0.188. The molecule has 0 aliphatic rings. The van der Waals surface area contributed by atoms with Crippen molar-refractivity contribution in [3.05, 3.63) is 57.7 Å². The molecule has 0 radical (unpaired) electrons. The van der Waals surface area contributed by atoms with Crippen molar-refractivity contribution >= 4 is 36.9 Å². The normalized spacial score (nSPS) is 10.2. The van der Waals surface area contributed by atoms with Crippen LogP contribution in [0, 0.1) is 25.2 Å². The SMILES string of the molecule is Cc1cc(C)c(C#N)c([Se]CC(=O)c2ccc(Cl)cc2)n1. The van der Waals surface area contributed by atoms with E-state index in [1.54, 1.807) is 24.3 Å². The molecule has 0 spiro atoms. The van der Waals surface area contributed by atoms with Crippen LogP contribution in [0.2, 0.25) is 10.3 Å². The molecular formula is C16H13ClN2OSe. The Balaban J connectivity index is 2.15. The second kappa shape index (κ2) is 6.87. The van der Waals surface area contributed by atoms with E-state index < -0.39 is 0 Å². The number of hydrogen-bond acceptors (Lipinski definition) is 3. The Hall–Kier alpha value is -1.66. The van der Waals surface area contributed by atoms with Gasteiger partial charge in [0.15, 0.2) is 0 Å². The van der Waals surface area contributed by atoms with E-state index in [0.717, 1.165) is 15.8 Å². The van der Waals surface area contributed by atoms with Crippen LogP contribution in [0.5, 0.6) is 0 Å². The number of aromatic nitrogens is 1. The molecule has 3 nitrogen and oxygen atoms in total. The molecule has 2 aromatic rings. The Labute approximate surface area is 135 Å². The minimum absolute atomic E-state index is 0.0523. The molecule has 0 aliphatic carbocycles. The molecule has 0 N–H and O–H groups in total. The maximum absolute atomic E-state index is 12.2. The Kier molecular flexibility index (Phi) is 5.14. The molecule has 0 atom stereocenters. The van der Waals surface area contributed by atoms with Crippen LogP contribution in [0.25, 0.3) is 0 Å². The first-order chi connectivity index (χ1) is 10.0. The Morgan fingerprint density at radius 1 is 1.33 bits per heavy atom. The first-order valence-electron chi connectivity index (χ1n) is 6.31. The van der Waals surface area contributed by atoms with Gasteiger partial charge in [0.2, 0.25) is 0 Å². The molecule has 1 heterocycles. The number of rotatable bonds is 4. The zero-order chi connectivity index (χ0) is 15.4. The molecule has 106 valence electrons. The van der Waals surface area contributed by atoms with Gasteiger partial charge in [-0.3, -0.25) is 0 Å². The monoisotopic (exact) mass is 364 g/mol. The molecule has 0 saturated carbocycles. The molecule has 21 heavy (non-hydrogen) atoms. The van der Waals surface area contributed by atoms with Crippen molar-refractivity contribution in [1.82, 2.24) is 4.98 Å². The van der Waals surface area contributed by atoms with Crippen LogP contribution in [-0.4, -0.2) is 25.7 Å². The van der Waals surface area contributed by atoms with Gasteiger partial charge in [-0.15, -0.1) is 0 Å². The van der Waals surface area contributed by atoms with E-state index in [1.165, 1.54) is 0 Å². The van der Waals surface area contributed by atoms with E-state index in [9.17, 15) is 10.1 Å². The van der Waals surface area contributed by atoms with Crippen molar-refractivity contribution in [2.75, 3.05) is 0 Å². The number of pyridine rings is 1. The van der Waals surface area contributed by atoms with Crippen LogP contribution < -0.4 is 4.59 Å². The van der Waals surface area contributed by atoms with Gasteiger partial charge in [-0.05, 0) is 0 Å². The maximum atomic E-state index is 12.2. The second-order valence-electron chi connectivity index (χ2n) is 4.59. The molecule has 5 heteroatoms. The molecule has 0 saturated heterocycles. The number of nitriles is 1. The minimum atomic E-state index is -0.154. The van der Waals surface area contributed by atoms with Crippen LogP contribution >= 0.6 is 11.6 Å². The van der Waals surface area contributed by atoms with Crippen LogP contribution in [0.1, 0.15) is 27.2 Å². The summed E-state index contributed by atoms with van der Waals surface area (Å²) in [5.74, 6) is 0.0523. The van der Waals surface area contributed by atoms with E-state index >= 15 is 0 Å². The fourth-order valence-electron chi connectivity index (χ4n) is 1.90. The fourth-order valence-corrected chi connectivity index (χ4v) is 4.11. The summed E-state index contributed by atoms with van der Waals surface area (Å²) in [5.41, 5.74) is 3.04. The zero-order valence-corrected chi connectivity index (χ0v) is 14.2. The van der Waals surface area contributed by atoms with Crippen molar-refractivity contribution in [3.8, 4) is 6.07 Å². The first kappa shape index (κ1) is 15.7. The third-order valence-corrected chi connectivity index (χ3v) is 5.23. The van der Waals surface area contributed by atoms with E-state index in [4.69, 9.17) is 11.6 Å². The van der Waals surface area contributed by atoms with Crippen LogP contribution in [0.15, 0.2) is 30.3 Å². The van der Waals surface area contributed by atoms with Gasteiger partial charge >= 0.3 is 135 Å². The van der Waals surface area contributed by atoms with E-state index in [0.29, 0.717) is 21.5 Å². The predicted octanol–water partition coefficient (Wildman–Crippen LogP) is 2.85. The Morgan fingerprint density at radius 2 is 2.00 bits per heavy atom. The summed E-state index contributed by atoms with van der Waals surface area (Å²) >= 11 is 5.66. The third kappa shape index (κ3) is 3.92. The number of carbonyl (C=O) groups excluding carboxylic acids is 1. The van der Waals surface area contributed by atoms with Gasteiger partial charge in [-0.25, -0.2) is 0 Å². The van der Waals surface area contributed by atoms with Gasteiger partial charge in [-0.2, -0.15) is 0 Å². The zero-order valence-electron chi connectivity index (χ0n) is 11.7. The third-order valence-electron chi connectivity index (χ3n) is 2.93. The van der Waals surface area contributed by atoms with E-state index in [2.05, 4.69) is 11.1 Å². The van der Waals surface area contributed by atoms with E-state index in [-0.39, 0.29) is 20.7 Å². The van der Waals surface area contributed by atoms with Gasteiger partial charge in [0.25, 0.3) is 0 Å². The summed E-state index contributed by atoms with van der Waals surface area (Å²) in [6.45, 7) is 3.79. The van der Waals surface area contributed by atoms with Crippen LogP contribution in [-0.2, 0) is 0 Å². The molecule has 0 fully saturated rings. The number of halogens is 1. The first-order valence-corrected chi connectivity index (χ1v) is 8.75. The quantitative estimate of drug-likeness (QED) is 0.620. The summed E-state index contributed by atoms with van der Waals surface area (Å²) in [6, 6.07) is 10.9. The summed E-state index contributed by atoms with van der Waals surface area (Å²) in [5, 5.41) is 10.2. The molecule has 0 amide bonds. The standard InChI is InChI=1S/C16H13ClN2OSe/c1-10-7-11(2)19-16(14(10)8-18)21-9-15(20)12-3-5-13(17)6-4-12/h3-7H,9H2,1-2H3. The number of hydrogen-bond donors (Lipinski definition) is 0. The number of aryl methyl sites for hydroxylation is 2. The van der Waals surface area contributed by atoms with Crippen molar-refractivity contribution in [2.24, 2.45) is 0 Å². The predicted molar refractivity (Wildman–Crippen MR) is 84.4 cm³/mol. The van der Waals surface area contributed by atoms with Crippen molar-refractivity contribution < 1.29 is 4.79 Å². The average molecular weight is 364 g/mol. The van der Waals surface area contributed by atoms with Crippen LogP contribution in [0.4, 0.5) is 0 Å². The Bertz CT molecular complexity index is 720. The summed E-state index contributed by atoms with van der Waals surface area (Å²) in [7, 11) is 0. The van der Waals surface area contributed by atoms with Gasteiger partial charge in [0.05, 0.1) is 0 Å². The second-order valence-corrected chi connectivity index (χ2v) is 7.05. The van der Waals surface area contributed by atoms with E-state index in [1.807, 2.05) is 19.9 Å². The van der Waals surface area contributed by atoms with Crippen molar-refractivity contribution in [1.29, 1.82) is 5.26 Å². The summed E-state index contributed by atoms with van der Waals surface area (Å²) in [6.07, 6.45) is 0. The number of ketones is 1. The molecular weight excluding hydrogens is 351 g/mol. The molecule has 1 aromatic heterocycles. The molecule has 0 aliphatic heterocycles. The van der Waals surface area contributed by atoms with Gasteiger partial charge < -0.3 is 0 Å². The number of Topliss-reactive ketones (excluding diaryl/α,β-unsaturated/α-hetero) is 1. The molecule has 2 rings (SSSR count). The van der Waals surface area contributed by atoms with Crippen molar-refractivity contribution in [3.63, 3.8) is 0 Å². The number of benzene rings is 1. The molecule has 0 bridgehead atoms. The Morgan fingerprint density at radius 3 is 2.62 bits per heavy atom. The average Bonchev–Trinajstić information content (AvgIpc) is 2.45. The van der Waals surface area contributed by atoms with Crippen LogP contribution in [0.3, 0.4) is 0 Å². The molecule has 1 aromatic carbocycles. The molecule has 0 unspecified atom stereocenters. The van der Waals surface area contributed by atoms with Gasteiger partial charge in [-0.1, -0.05) is 0 Å². The van der Waals surface area contributed by atoms with Gasteiger partial charge in [0, 0.05) is 0 Å². The van der Waals surface area contributed by atoms with Gasteiger partial charge in [0.1, 0.15) is 0 Å². The summed E-state index contributed by atoms with van der Waals surface area (Å²) < 4.78 is 0.754. The summed E-state index contributed by atoms with van der Waals surface area (Å²) in [4.78, 5) is 16.6.